The van der Waals surface area contributed by atoms with Gasteiger partial charge in [0.15, 0.2) is 5.11 Å². The van der Waals surface area contributed by atoms with Crippen molar-refractivity contribution in [2.45, 2.75) is 0 Å². The van der Waals surface area contributed by atoms with Crippen LogP contribution in [0.2, 0.25) is 0 Å². The predicted octanol–water partition coefficient (Wildman–Crippen LogP) is 3.76. The summed E-state index contributed by atoms with van der Waals surface area (Å²) in [6.45, 7) is 0. The number of thiocarbonyl (C=S) groups is 1. The van der Waals surface area contributed by atoms with Crippen LogP contribution in [0.3, 0.4) is 0 Å². The second-order valence-electron chi connectivity index (χ2n) is 3.57. The van der Waals surface area contributed by atoms with Crippen LogP contribution < -0.4 is 11.1 Å². The van der Waals surface area contributed by atoms with Crippen LogP contribution in [0.4, 0.5) is 17.1 Å². The van der Waals surface area contributed by atoms with E-state index >= 15 is 0 Å². The van der Waals surface area contributed by atoms with Crippen molar-refractivity contribution in [1.82, 2.24) is 0 Å². The Morgan fingerprint density at radius 2 is 1.44 bits per heavy atom. The van der Waals surface area contributed by atoms with Crippen molar-refractivity contribution in [3.8, 4) is 0 Å². The molecule has 0 aliphatic carbocycles. The van der Waals surface area contributed by atoms with E-state index < -0.39 is 0 Å². The average Bonchev–Trinajstić information content (AvgIpc) is 2.38. The molecule has 2 aromatic carbocycles. The van der Waals surface area contributed by atoms with Gasteiger partial charge in [0.2, 0.25) is 0 Å². The first-order valence-electron chi connectivity index (χ1n) is 5.37. The number of rotatable bonds is 3. The molecule has 0 aromatic heterocycles. The number of hydrogen-bond acceptors (Lipinski definition) is 3. The van der Waals surface area contributed by atoms with Crippen LogP contribution in [0.5, 0.6) is 0 Å². The normalized spacial score (nSPS) is 10.4. The number of anilines is 1. The van der Waals surface area contributed by atoms with Gasteiger partial charge in [-0.2, -0.15) is 10.2 Å². The molecule has 0 bridgehead atoms. The van der Waals surface area contributed by atoms with Gasteiger partial charge in [-0.25, -0.2) is 0 Å². The van der Waals surface area contributed by atoms with Gasteiger partial charge in [-0.3, -0.25) is 0 Å². The Labute approximate surface area is 111 Å². The zero-order valence-corrected chi connectivity index (χ0v) is 10.4. The van der Waals surface area contributed by atoms with Crippen molar-refractivity contribution in [2.75, 3.05) is 5.32 Å². The van der Waals surface area contributed by atoms with Crippen LogP contribution in [-0.4, -0.2) is 5.11 Å². The quantitative estimate of drug-likeness (QED) is 0.649. The third-order valence-corrected chi connectivity index (χ3v) is 2.27. The molecule has 2 rings (SSSR count). The molecule has 0 amide bonds. The Bertz CT molecular complexity index is 549. The highest BCUT2D eigenvalue weighted by atomic mass is 32.1. The van der Waals surface area contributed by atoms with Gasteiger partial charge < -0.3 is 11.1 Å². The van der Waals surface area contributed by atoms with Crippen molar-refractivity contribution >= 4 is 34.4 Å². The summed E-state index contributed by atoms with van der Waals surface area (Å²) in [6.07, 6.45) is 0. The number of benzene rings is 2. The molecule has 0 aliphatic rings. The van der Waals surface area contributed by atoms with E-state index in [1.165, 1.54) is 0 Å². The van der Waals surface area contributed by atoms with Gasteiger partial charge >= 0.3 is 0 Å². The summed E-state index contributed by atoms with van der Waals surface area (Å²) in [7, 11) is 0. The standard InChI is InChI=1S/C13H12N4S/c14-13(18)15-10-6-8-12(9-7-10)17-16-11-4-2-1-3-5-11/h1-9H,(H3,14,15,18). The first-order valence-corrected chi connectivity index (χ1v) is 5.78. The monoisotopic (exact) mass is 256 g/mol. The molecule has 0 aliphatic heterocycles. The van der Waals surface area contributed by atoms with E-state index in [1.54, 1.807) is 0 Å². The van der Waals surface area contributed by atoms with Crippen molar-refractivity contribution in [2.24, 2.45) is 16.0 Å². The van der Waals surface area contributed by atoms with Crippen LogP contribution in [0.15, 0.2) is 64.8 Å². The minimum absolute atomic E-state index is 0.244. The number of azo groups is 1. The molecule has 0 unspecified atom stereocenters. The van der Waals surface area contributed by atoms with Gasteiger partial charge in [-0.15, -0.1) is 0 Å². The second-order valence-corrected chi connectivity index (χ2v) is 4.01. The Balaban J connectivity index is 2.06. The molecule has 4 nitrogen and oxygen atoms in total. The van der Waals surface area contributed by atoms with Gasteiger partial charge in [-0.1, -0.05) is 18.2 Å². The zero-order valence-electron chi connectivity index (χ0n) is 9.58. The largest absolute Gasteiger partial charge is 0.376 e. The summed E-state index contributed by atoms with van der Waals surface area (Å²) in [5.41, 5.74) is 7.80. The van der Waals surface area contributed by atoms with Crippen LogP contribution in [-0.2, 0) is 0 Å². The lowest BCUT2D eigenvalue weighted by Gasteiger charge is -2.02. The highest BCUT2D eigenvalue weighted by Gasteiger charge is 1.94. The highest BCUT2D eigenvalue weighted by Crippen LogP contribution is 2.19. The summed E-state index contributed by atoms with van der Waals surface area (Å²) in [6, 6.07) is 16.9. The minimum Gasteiger partial charge on any atom is -0.376 e. The first kappa shape index (κ1) is 12.2. The van der Waals surface area contributed by atoms with Crippen molar-refractivity contribution in [1.29, 1.82) is 0 Å². The van der Waals surface area contributed by atoms with E-state index in [0.717, 1.165) is 17.1 Å². The molecule has 5 heteroatoms. The lowest BCUT2D eigenvalue weighted by atomic mass is 10.3. The van der Waals surface area contributed by atoms with E-state index in [-0.39, 0.29) is 5.11 Å². The third kappa shape index (κ3) is 3.64. The summed E-state index contributed by atoms with van der Waals surface area (Å²) >= 11 is 4.75. The number of nitrogens with zero attached hydrogens (tertiary/aromatic N) is 2. The Morgan fingerprint density at radius 3 is 2.00 bits per heavy atom. The summed E-state index contributed by atoms with van der Waals surface area (Å²) in [5, 5.41) is 11.3. The fourth-order valence-corrected chi connectivity index (χ4v) is 1.48. The molecule has 0 saturated carbocycles. The lowest BCUT2D eigenvalue weighted by molar-refractivity contribution is 1.23. The van der Waals surface area contributed by atoms with Gasteiger partial charge in [0.25, 0.3) is 0 Å². The second kappa shape index (κ2) is 5.88. The summed E-state index contributed by atoms with van der Waals surface area (Å²) in [5.74, 6) is 0. The first-order chi connectivity index (χ1) is 8.74. The van der Waals surface area contributed by atoms with E-state index in [9.17, 15) is 0 Å². The molecule has 0 atom stereocenters. The Morgan fingerprint density at radius 1 is 0.889 bits per heavy atom. The maximum atomic E-state index is 5.38. The van der Waals surface area contributed by atoms with Crippen molar-refractivity contribution < 1.29 is 0 Å². The number of nitrogens with two attached hydrogens (primary N) is 1. The third-order valence-electron chi connectivity index (χ3n) is 2.17. The van der Waals surface area contributed by atoms with Gasteiger partial charge in [-0.05, 0) is 48.6 Å². The molecule has 3 N–H and O–H groups in total. The zero-order chi connectivity index (χ0) is 12.8. The predicted molar refractivity (Wildman–Crippen MR) is 77.5 cm³/mol. The number of hydrogen-bond donors (Lipinski definition) is 2. The molecular formula is C13H12N4S. The molecule has 90 valence electrons. The van der Waals surface area contributed by atoms with Crippen LogP contribution in [0.1, 0.15) is 0 Å². The lowest BCUT2D eigenvalue weighted by Crippen LogP contribution is -2.18. The summed E-state index contributed by atoms with van der Waals surface area (Å²) < 4.78 is 0. The molecule has 0 fully saturated rings. The van der Waals surface area contributed by atoms with Crippen LogP contribution >= 0.6 is 12.2 Å². The molecule has 0 spiro atoms. The van der Waals surface area contributed by atoms with Gasteiger partial charge in [0.1, 0.15) is 0 Å². The molecular weight excluding hydrogens is 244 g/mol. The van der Waals surface area contributed by atoms with Gasteiger partial charge in [0, 0.05) is 5.69 Å². The minimum atomic E-state index is 0.244. The topological polar surface area (TPSA) is 62.8 Å². The van der Waals surface area contributed by atoms with Gasteiger partial charge in [0.05, 0.1) is 11.4 Å². The molecule has 0 radical (unpaired) electrons. The highest BCUT2D eigenvalue weighted by molar-refractivity contribution is 7.80. The average molecular weight is 256 g/mol. The van der Waals surface area contributed by atoms with E-state index in [2.05, 4.69) is 15.5 Å². The van der Waals surface area contributed by atoms with E-state index in [1.807, 2.05) is 54.6 Å². The fourth-order valence-electron chi connectivity index (χ4n) is 1.36. The maximum absolute atomic E-state index is 5.38. The SMILES string of the molecule is NC(=S)Nc1ccc(N=Nc2ccccc2)cc1. The molecule has 2 aromatic rings. The summed E-state index contributed by atoms with van der Waals surface area (Å²) in [4.78, 5) is 0. The molecule has 0 heterocycles. The number of nitrogens with one attached hydrogen (secondary N) is 1. The maximum Gasteiger partial charge on any atom is 0.168 e. The van der Waals surface area contributed by atoms with Crippen molar-refractivity contribution in [3.63, 3.8) is 0 Å². The Hall–Kier alpha value is -2.27. The Kier molecular flexibility index (Phi) is 3.98. The van der Waals surface area contributed by atoms with Crippen LogP contribution in [0.25, 0.3) is 0 Å². The smallest absolute Gasteiger partial charge is 0.168 e. The van der Waals surface area contributed by atoms with Crippen LogP contribution in [0, 0.1) is 0 Å². The molecule has 18 heavy (non-hydrogen) atoms. The van der Waals surface area contributed by atoms with Crippen molar-refractivity contribution in [3.05, 3.63) is 54.6 Å². The fraction of sp³-hybridized carbons (Fsp3) is 0. The molecule has 0 saturated heterocycles. The van der Waals surface area contributed by atoms with E-state index in [4.69, 9.17) is 18.0 Å². The van der Waals surface area contributed by atoms with E-state index in [0.29, 0.717) is 0 Å².